The monoisotopic (exact) mass is 265 g/mol. The van der Waals surface area contributed by atoms with Crippen LogP contribution in [0.1, 0.15) is 24.2 Å². The molecule has 2 N–H and O–H groups in total. The van der Waals surface area contributed by atoms with E-state index in [1.54, 1.807) is 13.0 Å². The lowest BCUT2D eigenvalue weighted by molar-refractivity contribution is -0.114. The summed E-state index contributed by atoms with van der Waals surface area (Å²) in [6.45, 7) is 6.39. The molecule has 0 aromatic heterocycles. The van der Waals surface area contributed by atoms with Crippen molar-refractivity contribution < 1.29 is 24.2 Å². The molecular formula is C13H15NO5. The van der Waals surface area contributed by atoms with Crippen LogP contribution in [0, 0.1) is 0 Å². The quantitative estimate of drug-likeness (QED) is 0.608. The van der Waals surface area contributed by atoms with E-state index in [0.29, 0.717) is 11.4 Å². The Labute approximate surface area is 110 Å². The smallest absolute Gasteiger partial charge is 0.339 e. The summed E-state index contributed by atoms with van der Waals surface area (Å²) in [7, 11) is 0. The molecule has 0 fully saturated rings. The molecule has 0 bridgehead atoms. The van der Waals surface area contributed by atoms with Gasteiger partial charge in [-0.3, -0.25) is 4.79 Å². The van der Waals surface area contributed by atoms with Crippen LogP contribution in [0.2, 0.25) is 0 Å². The number of carboxylic acids is 1. The minimum absolute atomic E-state index is 0.0587. The zero-order valence-corrected chi connectivity index (χ0v) is 10.7. The lowest BCUT2D eigenvalue weighted by Crippen LogP contribution is -2.09. The van der Waals surface area contributed by atoms with Crippen LogP contribution in [0.15, 0.2) is 30.5 Å². The Bertz CT molecular complexity index is 510. The number of nitrogens with one attached hydrogen (secondary N) is 1. The molecule has 0 saturated heterocycles. The number of amides is 1. The molecule has 6 nitrogen and oxygen atoms in total. The third kappa shape index (κ3) is 4.71. The van der Waals surface area contributed by atoms with Gasteiger partial charge in [-0.25, -0.2) is 4.79 Å². The SMILES string of the molecule is C=C(C)OCOc1ccc(NC(C)=O)cc1C(=O)O. The van der Waals surface area contributed by atoms with Gasteiger partial charge in [-0.15, -0.1) is 0 Å². The number of rotatable bonds is 6. The fourth-order valence-corrected chi connectivity index (χ4v) is 1.30. The molecule has 0 heterocycles. The topological polar surface area (TPSA) is 84.9 Å². The average Bonchev–Trinajstić information content (AvgIpc) is 2.29. The second-order valence-corrected chi connectivity index (χ2v) is 3.81. The predicted octanol–water partition coefficient (Wildman–Crippen LogP) is 2.23. The summed E-state index contributed by atoms with van der Waals surface area (Å²) in [6.07, 6.45) is 0. The molecule has 0 atom stereocenters. The summed E-state index contributed by atoms with van der Waals surface area (Å²) >= 11 is 0. The van der Waals surface area contributed by atoms with Gasteiger partial charge >= 0.3 is 5.97 Å². The molecule has 1 aromatic carbocycles. The van der Waals surface area contributed by atoms with Crippen LogP contribution in [0.5, 0.6) is 5.75 Å². The van der Waals surface area contributed by atoms with Gasteiger partial charge in [0.2, 0.25) is 12.7 Å². The van der Waals surface area contributed by atoms with E-state index >= 15 is 0 Å². The molecule has 0 aliphatic carbocycles. The van der Waals surface area contributed by atoms with Crippen molar-refractivity contribution in [3.8, 4) is 5.75 Å². The molecular weight excluding hydrogens is 250 g/mol. The van der Waals surface area contributed by atoms with Crippen LogP contribution in [0.4, 0.5) is 5.69 Å². The van der Waals surface area contributed by atoms with Gasteiger partial charge in [0, 0.05) is 12.6 Å². The third-order valence-electron chi connectivity index (χ3n) is 2.05. The summed E-state index contributed by atoms with van der Waals surface area (Å²) in [5.41, 5.74) is 0.328. The Morgan fingerprint density at radius 3 is 2.58 bits per heavy atom. The first-order valence-corrected chi connectivity index (χ1v) is 5.46. The van der Waals surface area contributed by atoms with Crippen molar-refractivity contribution in [3.05, 3.63) is 36.1 Å². The number of benzene rings is 1. The molecule has 0 unspecified atom stereocenters. The molecule has 0 aliphatic rings. The summed E-state index contributed by atoms with van der Waals surface area (Å²) < 4.78 is 10.2. The van der Waals surface area contributed by atoms with Crippen molar-refractivity contribution in [1.82, 2.24) is 0 Å². The molecule has 1 aromatic rings. The number of allylic oxidation sites excluding steroid dienone is 1. The zero-order chi connectivity index (χ0) is 14.4. The van der Waals surface area contributed by atoms with Gasteiger partial charge in [0.05, 0.1) is 5.76 Å². The van der Waals surface area contributed by atoms with E-state index in [-0.39, 0.29) is 24.0 Å². The number of anilines is 1. The van der Waals surface area contributed by atoms with E-state index in [0.717, 1.165) is 0 Å². The fourth-order valence-electron chi connectivity index (χ4n) is 1.30. The highest BCUT2D eigenvalue weighted by Gasteiger charge is 2.13. The van der Waals surface area contributed by atoms with Crippen LogP contribution in [0.25, 0.3) is 0 Å². The van der Waals surface area contributed by atoms with Crippen LogP contribution in [-0.2, 0) is 9.53 Å². The molecule has 0 aliphatic heterocycles. The molecule has 1 amide bonds. The van der Waals surface area contributed by atoms with Gasteiger partial charge in [-0.2, -0.15) is 0 Å². The average molecular weight is 265 g/mol. The van der Waals surface area contributed by atoms with E-state index in [2.05, 4.69) is 11.9 Å². The standard InChI is InChI=1S/C13H15NO5/c1-8(2)18-7-19-12-5-4-10(14-9(3)15)6-11(12)13(16)17/h4-6H,1,7H2,2-3H3,(H,14,15)(H,16,17). The molecule has 6 heteroatoms. The van der Waals surface area contributed by atoms with Gasteiger partial charge in [-0.05, 0) is 25.1 Å². The molecule has 0 spiro atoms. The Balaban J connectivity index is 2.88. The number of ether oxygens (including phenoxy) is 2. The van der Waals surface area contributed by atoms with Gasteiger partial charge in [0.15, 0.2) is 0 Å². The highest BCUT2D eigenvalue weighted by atomic mass is 16.7. The van der Waals surface area contributed by atoms with Crippen LogP contribution in [0.3, 0.4) is 0 Å². The molecule has 0 radical (unpaired) electrons. The maximum Gasteiger partial charge on any atom is 0.339 e. The van der Waals surface area contributed by atoms with Crippen molar-refractivity contribution in [1.29, 1.82) is 0 Å². The zero-order valence-electron chi connectivity index (χ0n) is 10.7. The Hall–Kier alpha value is -2.50. The number of carbonyl (C=O) groups excluding carboxylic acids is 1. The normalized spacial score (nSPS) is 9.58. The van der Waals surface area contributed by atoms with Crippen LogP contribution in [-0.4, -0.2) is 23.8 Å². The largest absolute Gasteiger partial charge is 0.478 e. The number of hydrogen-bond donors (Lipinski definition) is 2. The molecule has 19 heavy (non-hydrogen) atoms. The van der Waals surface area contributed by atoms with Crippen LogP contribution < -0.4 is 10.1 Å². The van der Waals surface area contributed by atoms with Crippen molar-refractivity contribution in [2.75, 3.05) is 12.1 Å². The van der Waals surface area contributed by atoms with Crippen molar-refractivity contribution in [2.45, 2.75) is 13.8 Å². The van der Waals surface area contributed by atoms with E-state index in [1.165, 1.54) is 19.1 Å². The summed E-state index contributed by atoms with van der Waals surface area (Å²) in [4.78, 5) is 22.0. The maximum absolute atomic E-state index is 11.1. The highest BCUT2D eigenvalue weighted by Crippen LogP contribution is 2.23. The second-order valence-electron chi connectivity index (χ2n) is 3.81. The van der Waals surface area contributed by atoms with Crippen molar-refractivity contribution in [3.63, 3.8) is 0 Å². The second kappa shape index (κ2) is 6.44. The lowest BCUT2D eigenvalue weighted by Gasteiger charge is -2.11. The maximum atomic E-state index is 11.1. The van der Waals surface area contributed by atoms with Crippen molar-refractivity contribution in [2.24, 2.45) is 0 Å². The van der Waals surface area contributed by atoms with E-state index in [9.17, 15) is 9.59 Å². The minimum Gasteiger partial charge on any atom is -0.478 e. The van der Waals surface area contributed by atoms with Gasteiger partial charge in [-0.1, -0.05) is 6.58 Å². The first kappa shape index (κ1) is 14.6. The van der Waals surface area contributed by atoms with E-state index in [4.69, 9.17) is 14.6 Å². The molecule has 1 rings (SSSR count). The van der Waals surface area contributed by atoms with Crippen LogP contribution >= 0.6 is 0 Å². The van der Waals surface area contributed by atoms with Gasteiger partial charge in [0.1, 0.15) is 11.3 Å². The van der Waals surface area contributed by atoms with Gasteiger partial charge < -0.3 is 19.9 Å². The van der Waals surface area contributed by atoms with Gasteiger partial charge in [0.25, 0.3) is 0 Å². The Morgan fingerprint density at radius 2 is 2.05 bits per heavy atom. The summed E-state index contributed by atoms with van der Waals surface area (Å²) in [5.74, 6) is -0.817. The Morgan fingerprint density at radius 1 is 1.37 bits per heavy atom. The predicted molar refractivity (Wildman–Crippen MR) is 69.1 cm³/mol. The first-order chi connectivity index (χ1) is 8.90. The number of hydrogen-bond acceptors (Lipinski definition) is 4. The van der Waals surface area contributed by atoms with Crippen molar-refractivity contribution >= 4 is 17.6 Å². The Kier molecular flexibility index (Phi) is 4.93. The summed E-state index contributed by atoms with van der Waals surface area (Å²) in [6, 6.07) is 4.32. The minimum atomic E-state index is -1.16. The number of carboxylic acid groups (broad SMARTS) is 1. The number of aromatic carboxylic acids is 1. The lowest BCUT2D eigenvalue weighted by atomic mass is 10.2. The highest BCUT2D eigenvalue weighted by molar-refractivity contribution is 5.95. The molecule has 0 saturated carbocycles. The molecule has 102 valence electrons. The summed E-state index contributed by atoms with van der Waals surface area (Å²) in [5, 5.41) is 11.6. The number of carbonyl (C=O) groups is 2. The van der Waals surface area contributed by atoms with E-state index in [1.807, 2.05) is 0 Å². The third-order valence-corrected chi connectivity index (χ3v) is 2.05. The van der Waals surface area contributed by atoms with E-state index < -0.39 is 5.97 Å². The fraction of sp³-hybridized carbons (Fsp3) is 0.231. The first-order valence-electron chi connectivity index (χ1n) is 5.46.